The van der Waals surface area contributed by atoms with Gasteiger partial charge in [-0.1, -0.05) is 61.0 Å². The van der Waals surface area contributed by atoms with Crippen LogP contribution in [0, 0.1) is 6.92 Å². The Bertz CT molecular complexity index is 571. The van der Waals surface area contributed by atoms with E-state index in [-0.39, 0.29) is 0 Å². The van der Waals surface area contributed by atoms with E-state index in [9.17, 15) is 0 Å². The van der Waals surface area contributed by atoms with Crippen LogP contribution in [0.1, 0.15) is 47.6 Å². The first-order chi connectivity index (χ1) is 9.78. The number of nitrogens with one attached hydrogen (secondary N) is 1. The normalized spacial score (nSPS) is 18.2. The monoisotopic (exact) mass is 265 g/mol. The van der Waals surface area contributed by atoms with Gasteiger partial charge in [0.05, 0.1) is 0 Å². The summed E-state index contributed by atoms with van der Waals surface area (Å²) >= 11 is 0. The first-order valence-corrected chi connectivity index (χ1v) is 7.65. The quantitative estimate of drug-likeness (QED) is 0.846. The highest BCUT2D eigenvalue weighted by Gasteiger charge is 2.25. The Morgan fingerprint density at radius 1 is 1.10 bits per heavy atom. The fraction of sp³-hybridized carbons (Fsp3) is 0.368. The van der Waals surface area contributed by atoms with Crippen LogP contribution in [0.2, 0.25) is 0 Å². The average Bonchev–Trinajstić information content (AvgIpc) is 2.45. The van der Waals surface area contributed by atoms with Crippen molar-refractivity contribution in [3.05, 3.63) is 70.8 Å². The van der Waals surface area contributed by atoms with Crippen LogP contribution in [0.3, 0.4) is 0 Å². The van der Waals surface area contributed by atoms with Crippen molar-refractivity contribution < 1.29 is 0 Å². The number of hydrogen-bond donors (Lipinski definition) is 1. The lowest BCUT2D eigenvalue weighted by molar-refractivity contribution is 0.461. The molecule has 104 valence electrons. The first kappa shape index (κ1) is 13.4. The second kappa shape index (κ2) is 5.80. The van der Waals surface area contributed by atoms with Gasteiger partial charge < -0.3 is 5.32 Å². The molecular weight excluding hydrogens is 242 g/mol. The Morgan fingerprint density at radius 2 is 1.85 bits per heavy atom. The van der Waals surface area contributed by atoms with Gasteiger partial charge >= 0.3 is 0 Å². The van der Waals surface area contributed by atoms with E-state index in [0.717, 1.165) is 13.0 Å². The van der Waals surface area contributed by atoms with Gasteiger partial charge in [0, 0.05) is 18.5 Å². The molecule has 0 bridgehead atoms. The minimum Gasteiger partial charge on any atom is -0.309 e. The van der Waals surface area contributed by atoms with Gasteiger partial charge in [0.25, 0.3) is 0 Å². The zero-order chi connectivity index (χ0) is 13.9. The third kappa shape index (κ3) is 2.64. The lowest BCUT2D eigenvalue weighted by atomic mass is 9.77. The van der Waals surface area contributed by atoms with Crippen molar-refractivity contribution in [1.29, 1.82) is 0 Å². The molecule has 1 heteroatoms. The lowest BCUT2D eigenvalue weighted by Gasteiger charge is -2.32. The Balaban J connectivity index is 1.61. The van der Waals surface area contributed by atoms with Crippen LogP contribution < -0.4 is 5.32 Å². The summed E-state index contributed by atoms with van der Waals surface area (Å²) in [6, 6.07) is 18.2. The summed E-state index contributed by atoms with van der Waals surface area (Å²) in [6.07, 6.45) is 2.37. The molecule has 0 radical (unpaired) electrons. The second-order valence-corrected chi connectivity index (χ2v) is 5.88. The summed E-state index contributed by atoms with van der Waals surface area (Å²) < 4.78 is 0. The molecule has 2 aromatic carbocycles. The van der Waals surface area contributed by atoms with Crippen molar-refractivity contribution in [2.45, 2.75) is 38.6 Å². The molecule has 0 spiro atoms. The zero-order valence-corrected chi connectivity index (χ0v) is 12.4. The Kier molecular flexibility index (Phi) is 3.88. The molecule has 0 saturated heterocycles. The van der Waals surface area contributed by atoms with Crippen LogP contribution in [0.15, 0.2) is 48.5 Å². The molecule has 2 unspecified atom stereocenters. The van der Waals surface area contributed by atoms with E-state index in [1.165, 1.54) is 23.1 Å². The Hall–Kier alpha value is -1.60. The Labute approximate surface area is 122 Å². The summed E-state index contributed by atoms with van der Waals surface area (Å²) in [5.41, 5.74) is 5.81. The first-order valence-electron chi connectivity index (χ1n) is 7.65. The maximum Gasteiger partial charge on any atom is 0.0317 e. The predicted octanol–water partition coefficient (Wildman–Crippen LogP) is 4.38. The fourth-order valence-corrected chi connectivity index (χ4v) is 3.13. The second-order valence-electron chi connectivity index (χ2n) is 5.88. The predicted molar refractivity (Wildman–Crippen MR) is 85.1 cm³/mol. The van der Waals surface area contributed by atoms with E-state index in [1.807, 2.05) is 0 Å². The smallest absolute Gasteiger partial charge is 0.0317 e. The number of hydrogen-bond acceptors (Lipinski definition) is 1. The van der Waals surface area contributed by atoms with Crippen molar-refractivity contribution >= 4 is 0 Å². The van der Waals surface area contributed by atoms with Crippen molar-refractivity contribution in [3.63, 3.8) is 0 Å². The maximum absolute atomic E-state index is 3.75. The van der Waals surface area contributed by atoms with E-state index in [4.69, 9.17) is 0 Å². The summed E-state index contributed by atoms with van der Waals surface area (Å²) in [6.45, 7) is 5.49. The van der Waals surface area contributed by atoms with Crippen LogP contribution in [0.25, 0.3) is 0 Å². The Morgan fingerprint density at radius 3 is 2.55 bits per heavy atom. The third-order valence-electron chi connectivity index (χ3n) is 4.46. The zero-order valence-electron chi connectivity index (χ0n) is 12.4. The molecule has 0 aromatic heterocycles. The molecule has 2 atom stereocenters. The minimum atomic E-state index is 0.475. The largest absolute Gasteiger partial charge is 0.309 e. The van der Waals surface area contributed by atoms with E-state index in [2.05, 4.69) is 67.7 Å². The van der Waals surface area contributed by atoms with Crippen molar-refractivity contribution in [2.24, 2.45) is 0 Å². The van der Waals surface area contributed by atoms with Gasteiger partial charge in [-0.3, -0.25) is 0 Å². The molecule has 0 saturated carbocycles. The average molecular weight is 265 g/mol. The fourth-order valence-electron chi connectivity index (χ4n) is 3.13. The molecule has 1 aliphatic carbocycles. The van der Waals surface area contributed by atoms with Crippen molar-refractivity contribution in [1.82, 2.24) is 5.32 Å². The molecule has 0 amide bonds. The molecule has 1 nitrogen and oxygen atoms in total. The van der Waals surface area contributed by atoms with Gasteiger partial charge in [0.15, 0.2) is 0 Å². The molecule has 3 rings (SSSR count). The van der Waals surface area contributed by atoms with Crippen LogP contribution >= 0.6 is 0 Å². The topological polar surface area (TPSA) is 12.0 Å². The summed E-state index contributed by atoms with van der Waals surface area (Å²) in [7, 11) is 0. The third-order valence-corrected chi connectivity index (χ3v) is 4.46. The highest BCUT2D eigenvalue weighted by molar-refractivity contribution is 5.40. The van der Waals surface area contributed by atoms with E-state index >= 15 is 0 Å². The molecule has 0 aliphatic heterocycles. The van der Waals surface area contributed by atoms with Gasteiger partial charge in [-0.25, -0.2) is 0 Å². The van der Waals surface area contributed by atoms with Gasteiger partial charge in [-0.05, 0) is 36.5 Å². The number of fused-ring (bicyclic) bond motifs is 1. The van der Waals surface area contributed by atoms with Gasteiger partial charge in [0.2, 0.25) is 0 Å². The van der Waals surface area contributed by atoms with Gasteiger partial charge in [-0.2, -0.15) is 0 Å². The molecule has 1 aliphatic rings. The summed E-state index contributed by atoms with van der Waals surface area (Å²) in [5.74, 6) is 0.700. The maximum atomic E-state index is 3.75. The SMILES string of the molecule is CCC(NCC1Cc2ccccc21)c1ccc(C)cc1. The van der Waals surface area contributed by atoms with Gasteiger partial charge in [0.1, 0.15) is 0 Å². The van der Waals surface area contributed by atoms with Gasteiger partial charge in [-0.15, -0.1) is 0 Å². The standard InChI is InChI=1S/C19H23N/c1-3-19(15-10-8-14(2)9-11-15)20-13-17-12-16-6-4-5-7-18(16)17/h4-11,17,19-20H,3,12-13H2,1-2H3. The summed E-state index contributed by atoms with van der Waals surface area (Å²) in [5, 5.41) is 3.75. The van der Waals surface area contributed by atoms with Crippen LogP contribution in [-0.2, 0) is 6.42 Å². The van der Waals surface area contributed by atoms with Crippen molar-refractivity contribution in [3.8, 4) is 0 Å². The van der Waals surface area contributed by atoms with Crippen molar-refractivity contribution in [2.75, 3.05) is 6.54 Å². The molecule has 2 aromatic rings. The van der Waals surface area contributed by atoms with Crippen LogP contribution in [0.5, 0.6) is 0 Å². The molecule has 0 heterocycles. The van der Waals surface area contributed by atoms with E-state index < -0.39 is 0 Å². The van der Waals surface area contributed by atoms with Crippen LogP contribution in [-0.4, -0.2) is 6.54 Å². The summed E-state index contributed by atoms with van der Waals surface area (Å²) in [4.78, 5) is 0. The van der Waals surface area contributed by atoms with Crippen LogP contribution in [0.4, 0.5) is 0 Å². The molecule has 20 heavy (non-hydrogen) atoms. The number of rotatable bonds is 5. The van der Waals surface area contributed by atoms with E-state index in [0.29, 0.717) is 12.0 Å². The highest BCUT2D eigenvalue weighted by Crippen LogP contribution is 2.34. The molecule has 0 fully saturated rings. The number of benzene rings is 2. The number of aryl methyl sites for hydroxylation is 1. The molecular formula is C19H23N. The molecule has 1 N–H and O–H groups in total. The highest BCUT2D eigenvalue weighted by atomic mass is 14.9. The lowest BCUT2D eigenvalue weighted by Crippen LogP contribution is -2.31. The van der Waals surface area contributed by atoms with E-state index in [1.54, 1.807) is 5.56 Å². The minimum absolute atomic E-state index is 0.475.